The number of hydrogen-bond acceptors (Lipinski definition) is 2. The van der Waals surface area contributed by atoms with E-state index in [1.165, 1.54) is 12.1 Å². The standard InChI is InChI=1S/C26H22FN3O2/c1-29-11-10-18-14-21(7-9-23(18)29)28-26(31)25-15-19-13-20(27)6-8-24(19)30(25)16-17-4-3-5-22(12-17)32-2/h3-15H,16H2,1-2H3,(H,28,31). The third-order valence-electron chi connectivity index (χ3n) is 5.71. The van der Waals surface area contributed by atoms with Gasteiger partial charge in [0.1, 0.15) is 17.3 Å². The maximum Gasteiger partial charge on any atom is 0.272 e. The minimum atomic E-state index is -0.336. The molecule has 3 aromatic carbocycles. The first-order valence-corrected chi connectivity index (χ1v) is 10.3. The fourth-order valence-electron chi connectivity index (χ4n) is 4.11. The molecule has 0 saturated heterocycles. The number of amides is 1. The molecule has 0 atom stereocenters. The van der Waals surface area contributed by atoms with Gasteiger partial charge in [0.05, 0.1) is 7.11 Å². The van der Waals surface area contributed by atoms with Gasteiger partial charge < -0.3 is 19.2 Å². The number of aromatic nitrogens is 2. The number of nitrogens with one attached hydrogen (secondary N) is 1. The molecule has 5 rings (SSSR count). The van der Waals surface area contributed by atoms with Gasteiger partial charge in [0.15, 0.2) is 0 Å². The highest BCUT2D eigenvalue weighted by Crippen LogP contribution is 2.25. The second-order valence-corrected chi connectivity index (χ2v) is 7.82. The van der Waals surface area contributed by atoms with Gasteiger partial charge in [0.25, 0.3) is 5.91 Å². The maximum atomic E-state index is 13.9. The first kappa shape index (κ1) is 19.9. The second-order valence-electron chi connectivity index (χ2n) is 7.82. The quantitative estimate of drug-likeness (QED) is 0.398. The minimum absolute atomic E-state index is 0.250. The fraction of sp³-hybridized carbons (Fsp3) is 0.115. The van der Waals surface area contributed by atoms with Crippen LogP contribution in [0.5, 0.6) is 5.75 Å². The van der Waals surface area contributed by atoms with Crippen LogP contribution >= 0.6 is 0 Å². The van der Waals surface area contributed by atoms with Crippen LogP contribution in [-0.4, -0.2) is 22.2 Å². The molecule has 5 nitrogen and oxygen atoms in total. The van der Waals surface area contributed by atoms with E-state index in [0.717, 1.165) is 27.7 Å². The predicted octanol–water partition coefficient (Wildman–Crippen LogP) is 5.58. The smallest absolute Gasteiger partial charge is 0.272 e. The van der Waals surface area contributed by atoms with Gasteiger partial charge in [-0.2, -0.15) is 0 Å². The van der Waals surface area contributed by atoms with Crippen molar-refractivity contribution in [2.45, 2.75) is 6.54 Å². The minimum Gasteiger partial charge on any atom is -0.497 e. The molecule has 0 saturated carbocycles. The summed E-state index contributed by atoms with van der Waals surface area (Å²) < 4.78 is 23.1. The molecular formula is C26H22FN3O2. The number of anilines is 1. The van der Waals surface area contributed by atoms with Gasteiger partial charge in [-0.15, -0.1) is 0 Å². The maximum absolute atomic E-state index is 13.9. The van der Waals surface area contributed by atoms with Crippen LogP contribution in [0.2, 0.25) is 0 Å². The number of benzene rings is 3. The van der Waals surface area contributed by atoms with E-state index in [2.05, 4.69) is 5.32 Å². The zero-order valence-corrected chi connectivity index (χ0v) is 17.8. The van der Waals surface area contributed by atoms with Crippen molar-refractivity contribution < 1.29 is 13.9 Å². The number of carbonyl (C=O) groups is 1. The monoisotopic (exact) mass is 427 g/mol. The van der Waals surface area contributed by atoms with E-state index < -0.39 is 0 Å². The summed E-state index contributed by atoms with van der Waals surface area (Å²) in [7, 11) is 3.60. The van der Waals surface area contributed by atoms with E-state index in [0.29, 0.717) is 23.3 Å². The topological polar surface area (TPSA) is 48.2 Å². The van der Waals surface area contributed by atoms with Gasteiger partial charge >= 0.3 is 0 Å². The average Bonchev–Trinajstić information content (AvgIpc) is 3.34. The van der Waals surface area contributed by atoms with Crippen LogP contribution in [0.1, 0.15) is 16.1 Å². The number of carbonyl (C=O) groups excluding carboxylic acids is 1. The van der Waals surface area contributed by atoms with E-state index in [4.69, 9.17) is 4.74 Å². The summed E-state index contributed by atoms with van der Waals surface area (Å²) in [6.07, 6.45) is 1.98. The first-order chi connectivity index (χ1) is 15.5. The SMILES string of the molecule is COc1cccc(Cn2c(C(=O)Nc3ccc4c(ccn4C)c3)cc3cc(F)ccc32)c1. The Morgan fingerprint density at radius 1 is 0.969 bits per heavy atom. The molecule has 160 valence electrons. The summed E-state index contributed by atoms with van der Waals surface area (Å²) in [4.78, 5) is 13.3. The van der Waals surface area contributed by atoms with Crippen molar-refractivity contribution in [1.29, 1.82) is 0 Å². The molecule has 0 radical (unpaired) electrons. The van der Waals surface area contributed by atoms with E-state index >= 15 is 0 Å². The zero-order valence-electron chi connectivity index (χ0n) is 17.8. The Labute approximate surface area is 184 Å². The number of halogens is 1. The second kappa shape index (κ2) is 7.89. The van der Waals surface area contributed by atoms with Crippen molar-refractivity contribution >= 4 is 33.4 Å². The van der Waals surface area contributed by atoms with Crippen LogP contribution < -0.4 is 10.1 Å². The Balaban J connectivity index is 1.53. The summed E-state index contributed by atoms with van der Waals surface area (Å²) in [6, 6.07) is 21.8. The predicted molar refractivity (Wildman–Crippen MR) is 125 cm³/mol. The molecule has 2 heterocycles. The van der Waals surface area contributed by atoms with Crippen LogP contribution in [-0.2, 0) is 13.6 Å². The summed E-state index contributed by atoms with van der Waals surface area (Å²) in [5.41, 5.74) is 4.02. The molecule has 0 aliphatic heterocycles. The Kier molecular flexibility index (Phi) is 4.90. The van der Waals surface area contributed by atoms with E-state index in [9.17, 15) is 9.18 Å². The Hall–Kier alpha value is -4.06. The number of hydrogen-bond donors (Lipinski definition) is 1. The van der Waals surface area contributed by atoms with Crippen molar-refractivity contribution in [3.05, 3.63) is 96.1 Å². The van der Waals surface area contributed by atoms with Crippen molar-refractivity contribution in [2.75, 3.05) is 12.4 Å². The summed E-state index contributed by atoms with van der Waals surface area (Å²) in [6.45, 7) is 0.451. The Morgan fingerprint density at radius 3 is 2.66 bits per heavy atom. The van der Waals surface area contributed by atoms with E-state index in [1.54, 1.807) is 19.2 Å². The highest BCUT2D eigenvalue weighted by molar-refractivity contribution is 6.07. The number of methoxy groups -OCH3 is 1. The van der Waals surface area contributed by atoms with E-state index in [-0.39, 0.29) is 11.7 Å². The lowest BCUT2D eigenvalue weighted by atomic mass is 10.2. The third-order valence-corrected chi connectivity index (χ3v) is 5.71. The highest BCUT2D eigenvalue weighted by Gasteiger charge is 2.17. The van der Waals surface area contributed by atoms with Crippen molar-refractivity contribution in [3.8, 4) is 5.75 Å². The number of aryl methyl sites for hydroxylation is 1. The molecule has 0 bridgehead atoms. The third kappa shape index (κ3) is 3.60. The number of fused-ring (bicyclic) bond motifs is 2. The lowest BCUT2D eigenvalue weighted by Gasteiger charge is -2.12. The molecule has 2 aromatic heterocycles. The Morgan fingerprint density at radius 2 is 1.81 bits per heavy atom. The summed E-state index contributed by atoms with van der Waals surface area (Å²) >= 11 is 0. The molecular weight excluding hydrogens is 405 g/mol. The molecule has 0 fully saturated rings. The highest BCUT2D eigenvalue weighted by atomic mass is 19.1. The lowest BCUT2D eigenvalue weighted by molar-refractivity contribution is 0.101. The van der Waals surface area contributed by atoms with Crippen molar-refractivity contribution in [2.24, 2.45) is 7.05 Å². The number of rotatable bonds is 5. The van der Waals surface area contributed by atoms with Gasteiger partial charge in [-0.25, -0.2) is 4.39 Å². The van der Waals surface area contributed by atoms with Crippen LogP contribution in [0.15, 0.2) is 79.0 Å². The van der Waals surface area contributed by atoms with Crippen LogP contribution in [0.4, 0.5) is 10.1 Å². The zero-order chi connectivity index (χ0) is 22.2. The molecule has 0 aliphatic carbocycles. The number of ether oxygens (including phenoxy) is 1. The molecule has 1 amide bonds. The van der Waals surface area contributed by atoms with Gasteiger partial charge in [-0.3, -0.25) is 4.79 Å². The van der Waals surface area contributed by atoms with Crippen LogP contribution in [0, 0.1) is 5.82 Å². The lowest BCUT2D eigenvalue weighted by Crippen LogP contribution is -2.17. The molecule has 6 heteroatoms. The largest absolute Gasteiger partial charge is 0.497 e. The summed E-state index contributed by atoms with van der Waals surface area (Å²) in [5, 5.41) is 4.72. The van der Waals surface area contributed by atoms with Gasteiger partial charge in [0, 0.05) is 47.3 Å². The van der Waals surface area contributed by atoms with Gasteiger partial charge in [-0.05, 0) is 66.2 Å². The number of nitrogens with zero attached hydrogens (tertiary/aromatic N) is 2. The Bertz CT molecular complexity index is 1470. The molecule has 0 spiro atoms. The van der Waals surface area contributed by atoms with Crippen LogP contribution in [0.3, 0.4) is 0 Å². The van der Waals surface area contributed by atoms with Crippen LogP contribution in [0.25, 0.3) is 21.8 Å². The fourth-order valence-corrected chi connectivity index (χ4v) is 4.11. The van der Waals surface area contributed by atoms with Crippen molar-refractivity contribution in [3.63, 3.8) is 0 Å². The van der Waals surface area contributed by atoms with Gasteiger partial charge in [0.2, 0.25) is 0 Å². The summed E-state index contributed by atoms with van der Waals surface area (Å²) in [5.74, 6) is 0.157. The molecule has 0 unspecified atom stereocenters. The molecule has 5 aromatic rings. The van der Waals surface area contributed by atoms with E-state index in [1.807, 2.05) is 70.9 Å². The van der Waals surface area contributed by atoms with Gasteiger partial charge in [-0.1, -0.05) is 12.1 Å². The van der Waals surface area contributed by atoms with Crippen molar-refractivity contribution in [1.82, 2.24) is 9.13 Å². The normalized spacial score (nSPS) is 11.2. The average molecular weight is 427 g/mol. The first-order valence-electron chi connectivity index (χ1n) is 10.3. The molecule has 0 aliphatic rings. The molecule has 32 heavy (non-hydrogen) atoms. The molecule has 1 N–H and O–H groups in total.